The largest absolute Gasteiger partial charge is 2.00 e. The molecule has 0 aliphatic carbocycles. The van der Waals surface area contributed by atoms with Gasteiger partial charge < -0.3 is 24.8 Å². The van der Waals surface area contributed by atoms with Crippen molar-refractivity contribution in [3.05, 3.63) is 87.2 Å². The number of hydrogen-bond acceptors (Lipinski definition) is 3. The van der Waals surface area contributed by atoms with E-state index in [9.17, 15) is 0 Å². The zero-order chi connectivity index (χ0) is 27.4. The molecule has 3 aromatic rings. The fourth-order valence-electron chi connectivity index (χ4n) is 4.60. The molecular formula is C33H42Cl3CoN3. The van der Waals surface area contributed by atoms with Gasteiger partial charge in [0.1, 0.15) is 0 Å². The minimum absolute atomic E-state index is 0. The summed E-state index contributed by atoms with van der Waals surface area (Å²) in [4.78, 5) is 15.2. The molecule has 1 heterocycles. The topological polar surface area (TPSA) is 37.6 Å². The second kappa shape index (κ2) is 16.7. The van der Waals surface area contributed by atoms with E-state index >= 15 is 0 Å². The van der Waals surface area contributed by atoms with E-state index < -0.39 is 0 Å². The molecule has 1 aromatic heterocycles. The van der Waals surface area contributed by atoms with Crippen LogP contribution >= 0.6 is 11.6 Å². The first-order chi connectivity index (χ1) is 17.4. The molecule has 0 aliphatic rings. The van der Waals surface area contributed by atoms with Gasteiger partial charge in [0.25, 0.3) is 0 Å². The Bertz CT molecular complexity index is 1180. The molecule has 7 heteroatoms. The molecule has 3 nitrogen and oxygen atoms in total. The molecule has 0 saturated heterocycles. The molecule has 40 heavy (non-hydrogen) atoms. The standard InChI is InChI=1S/C33H42ClN3.2ClH.Co/c1-19(2)26-13-11-14-27(20(3)4)32(26)35-23(9)30-17-25(34)18-31(37-30)24(10)36-33-28(21(5)6)15-12-16-29(33)22(7)8;;;/h11-22H,1-10H3;2*1H;/q;;;+2/p-2. The SMILES string of the molecule is CC(=Nc1c(C(C)C)cccc1C(C)C)c1cc(Cl)cc(C(C)=Nc2c(C(C)C)cccc2C(C)C)n1.[Cl-].[Cl-].[Co+2]. The van der Waals surface area contributed by atoms with E-state index in [0.29, 0.717) is 28.7 Å². The first kappa shape index (κ1) is 38.3. The van der Waals surface area contributed by atoms with E-state index in [2.05, 4.69) is 91.8 Å². The zero-order valence-electron chi connectivity index (χ0n) is 25.2. The fourth-order valence-corrected chi connectivity index (χ4v) is 4.81. The van der Waals surface area contributed by atoms with Crippen LogP contribution in [0.25, 0.3) is 0 Å². The van der Waals surface area contributed by atoms with Gasteiger partial charge in [0.15, 0.2) is 0 Å². The van der Waals surface area contributed by atoms with Gasteiger partial charge in [-0.05, 0) is 71.9 Å². The number of para-hydroxylation sites is 2. The van der Waals surface area contributed by atoms with Crippen LogP contribution in [0, 0.1) is 0 Å². The van der Waals surface area contributed by atoms with Crippen LogP contribution in [-0.2, 0) is 16.8 Å². The molecule has 0 aliphatic heterocycles. The number of aliphatic imine (C=N–C) groups is 2. The van der Waals surface area contributed by atoms with Gasteiger partial charge in [-0.3, -0.25) is 9.98 Å². The van der Waals surface area contributed by atoms with Crippen LogP contribution in [-0.4, -0.2) is 16.4 Å². The summed E-state index contributed by atoms with van der Waals surface area (Å²) in [6.45, 7) is 21.7. The molecule has 0 atom stereocenters. The minimum atomic E-state index is 0. The van der Waals surface area contributed by atoms with Crippen LogP contribution in [0.2, 0.25) is 5.02 Å². The first-order valence-corrected chi connectivity index (χ1v) is 13.8. The molecule has 1 radical (unpaired) electrons. The van der Waals surface area contributed by atoms with Gasteiger partial charge >= 0.3 is 16.8 Å². The molecule has 0 saturated carbocycles. The number of benzene rings is 2. The zero-order valence-corrected chi connectivity index (χ0v) is 28.5. The van der Waals surface area contributed by atoms with E-state index in [1.54, 1.807) is 0 Å². The quantitative estimate of drug-likeness (QED) is 0.332. The van der Waals surface area contributed by atoms with E-state index in [1.165, 1.54) is 22.3 Å². The maximum atomic E-state index is 6.62. The van der Waals surface area contributed by atoms with Gasteiger partial charge in [-0.1, -0.05) is 103 Å². The van der Waals surface area contributed by atoms with Gasteiger partial charge in [-0.2, -0.15) is 0 Å². The molecule has 3 rings (SSSR count). The second-order valence-electron chi connectivity index (χ2n) is 11.1. The number of halogens is 3. The average Bonchev–Trinajstić information content (AvgIpc) is 2.83. The van der Waals surface area contributed by atoms with Crippen molar-refractivity contribution in [1.29, 1.82) is 0 Å². The summed E-state index contributed by atoms with van der Waals surface area (Å²) < 4.78 is 0. The van der Waals surface area contributed by atoms with Gasteiger partial charge in [0, 0.05) is 5.02 Å². The third-order valence-electron chi connectivity index (χ3n) is 6.78. The van der Waals surface area contributed by atoms with Gasteiger partial charge in [0.05, 0.1) is 34.2 Å². The molecule has 0 unspecified atom stereocenters. The summed E-state index contributed by atoms with van der Waals surface area (Å²) in [5.74, 6) is 1.50. The third-order valence-corrected chi connectivity index (χ3v) is 6.99. The number of pyridine rings is 1. The Labute approximate surface area is 269 Å². The summed E-state index contributed by atoms with van der Waals surface area (Å²) in [6, 6.07) is 16.8. The van der Waals surface area contributed by atoms with Crippen molar-refractivity contribution in [2.75, 3.05) is 0 Å². The van der Waals surface area contributed by atoms with E-state index in [0.717, 1.165) is 34.2 Å². The normalized spacial score (nSPS) is 12.0. The summed E-state index contributed by atoms with van der Waals surface area (Å²) in [5.41, 5.74) is 10.3. The summed E-state index contributed by atoms with van der Waals surface area (Å²) >= 11 is 6.62. The maximum Gasteiger partial charge on any atom is 2.00 e. The molecule has 0 amide bonds. The maximum absolute atomic E-state index is 6.62. The van der Waals surface area contributed by atoms with Gasteiger partial charge in [-0.25, -0.2) is 4.98 Å². The van der Waals surface area contributed by atoms with Crippen molar-refractivity contribution in [3.63, 3.8) is 0 Å². The van der Waals surface area contributed by atoms with Crippen LogP contribution in [0.4, 0.5) is 11.4 Å². The Morgan fingerprint density at radius 1 is 0.600 bits per heavy atom. The number of nitrogens with zero attached hydrogens (tertiary/aromatic N) is 3. The smallest absolute Gasteiger partial charge is 1.00 e. The van der Waals surface area contributed by atoms with Crippen LogP contribution in [0.15, 0.2) is 58.5 Å². The molecule has 0 spiro atoms. The Balaban J connectivity index is 0.00000507. The van der Waals surface area contributed by atoms with Crippen molar-refractivity contribution in [2.45, 2.75) is 92.9 Å². The first-order valence-electron chi connectivity index (χ1n) is 13.4. The number of aromatic nitrogens is 1. The number of rotatable bonds is 8. The molecule has 0 N–H and O–H groups in total. The van der Waals surface area contributed by atoms with Crippen LogP contribution in [0.1, 0.15) is 127 Å². The van der Waals surface area contributed by atoms with Crippen LogP contribution in [0.3, 0.4) is 0 Å². The predicted molar refractivity (Wildman–Crippen MR) is 162 cm³/mol. The minimum Gasteiger partial charge on any atom is -1.00 e. The molecule has 2 aromatic carbocycles. The summed E-state index contributed by atoms with van der Waals surface area (Å²) in [5, 5.41) is 0.631. The fraction of sp³-hybridized carbons (Fsp3) is 0.424. The molecule has 0 bridgehead atoms. The van der Waals surface area contributed by atoms with E-state index in [4.69, 9.17) is 26.6 Å². The molecule has 219 valence electrons. The molecular weight excluding hydrogens is 604 g/mol. The van der Waals surface area contributed by atoms with E-state index in [1.807, 2.05) is 26.0 Å². The molecule has 0 fully saturated rings. The van der Waals surface area contributed by atoms with Crippen LogP contribution in [0.5, 0.6) is 0 Å². The Hall–Kier alpha value is -1.69. The predicted octanol–water partition coefficient (Wildman–Crippen LogP) is 4.52. The van der Waals surface area contributed by atoms with E-state index in [-0.39, 0.29) is 41.6 Å². The number of hydrogen-bond donors (Lipinski definition) is 0. The average molecular weight is 646 g/mol. The van der Waals surface area contributed by atoms with Crippen molar-refractivity contribution < 1.29 is 41.6 Å². The van der Waals surface area contributed by atoms with Crippen molar-refractivity contribution in [3.8, 4) is 0 Å². The van der Waals surface area contributed by atoms with Crippen molar-refractivity contribution >= 4 is 34.4 Å². The summed E-state index contributed by atoms with van der Waals surface area (Å²) in [6.07, 6.45) is 0. The van der Waals surface area contributed by atoms with Crippen molar-refractivity contribution in [1.82, 2.24) is 4.98 Å². The summed E-state index contributed by atoms with van der Waals surface area (Å²) in [7, 11) is 0. The van der Waals surface area contributed by atoms with Gasteiger partial charge in [0.2, 0.25) is 0 Å². The Kier molecular flexibility index (Phi) is 16.0. The van der Waals surface area contributed by atoms with Crippen molar-refractivity contribution in [2.24, 2.45) is 9.98 Å². The second-order valence-corrected chi connectivity index (χ2v) is 11.6. The monoisotopic (exact) mass is 644 g/mol. The third kappa shape index (κ3) is 9.16. The van der Waals surface area contributed by atoms with Gasteiger partial charge in [-0.15, -0.1) is 0 Å². The Morgan fingerprint density at radius 3 is 1.12 bits per heavy atom. The Morgan fingerprint density at radius 2 is 0.875 bits per heavy atom. The van der Waals surface area contributed by atoms with Crippen LogP contribution < -0.4 is 24.8 Å².